The average Bonchev–Trinajstić information content (AvgIpc) is 2.51. The summed E-state index contributed by atoms with van der Waals surface area (Å²) in [6, 6.07) is 7.90. The number of nitrogens with one attached hydrogen (secondary N) is 2. The monoisotopic (exact) mass is 344 g/mol. The van der Waals surface area contributed by atoms with Gasteiger partial charge in [0, 0.05) is 5.70 Å². The Balaban J connectivity index is 2.32. The number of ether oxygens (including phenoxy) is 1. The Kier molecular flexibility index (Phi) is 5.44. The molecule has 1 fully saturated rings. The predicted molar refractivity (Wildman–Crippen MR) is 101 cm³/mol. The molecule has 0 radical (unpaired) electrons. The van der Waals surface area contributed by atoms with Crippen LogP contribution in [0.15, 0.2) is 49.2 Å². The maximum Gasteiger partial charge on any atom is 0.317 e. The van der Waals surface area contributed by atoms with E-state index in [-0.39, 0.29) is 24.0 Å². The van der Waals surface area contributed by atoms with Crippen molar-refractivity contribution in [3.8, 4) is 0 Å². The molecule has 0 bridgehead atoms. The molecule has 0 aliphatic carbocycles. The van der Waals surface area contributed by atoms with Gasteiger partial charge in [-0.1, -0.05) is 64.3 Å². The van der Waals surface area contributed by atoms with Crippen molar-refractivity contribution in [2.45, 2.75) is 32.2 Å². The van der Waals surface area contributed by atoms with Gasteiger partial charge in [-0.25, -0.2) is 0 Å². The summed E-state index contributed by atoms with van der Waals surface area (Å²) in [5.41, 5.74) is 2.81. The minimum atomic E-state index is -0.558. The molecular formula is C19H24N2O2S. The minimum Gasteiger partial charge on any atom is -0.461 e. The fourth-order valence-electron chi connectivity index (χ4n) is 2.66. The van der Waals surface area contributed by atoms with Gasteiger partial charge in [0.05, 0.1) is 6.04 Å². The van der Waals surface area contributed by atoms with Gasteiger partial charge in [-0.15, -0.1) is 0 Å². The molecule has 2 N–H and O–H groups in total. The van der Waals surface area contributed by atoms with Crippen molar-refractivity contribution in [2.75, 3.05) is 6.61 Å². The van der Waals surface area contributed by atoms with Gasteiger partial charge in [-0.2, -0.15) is 0 Å². The molecular weight excluding hydrogens is 320 g/mol. The molecule has 2 rings (SSSR count). The Hall–Kier alpha value is -2.14. The van der Waals surface area contributed by atoms with Gasteiger partial charge < -0.3 is 15.4 Å². The van der Waals surface area contributed by atoms with Crippen molar-refractivity contribution >= 4 is 23.3 Å². The number of hydrogen-bond acceptors (Lipinski definition) is 3. The standard InChI is InChI=1S/C19H24N2O2S/c1-6-11-23-17(22)15-12(2)20-18(24)21-16(15)13-7-9-14(10-8-13)19(3,4)5/h6-10,15-16H,1-2,11H2,3-5H3,(H2,20,21,24)/t15-,16+/m0/s1. The highest BCUT2D eigenvalue weighted by Gasteiger charge is 2.37. The van der Waals surface area contributed by atoms with Crippen LogP contribution in [0.1, 0.15) is 37.9 Å². The third-order valence-electron chi connectivity index (χ3n) is 4.00. The summed E-state index contributed by atoms with van der Waals surface area (Å²) in [5, 5.41) is 6.54. The van der Waals surface area contributed by atoms with Crippen LogP contribution in [-0.4, -0.2) is 17.7 Å². The number of thiocarbonyl (C=S) groups is 1. The van der Waals surface area contributed by atoms with Gasteiger partial charge in [-0.05, 0) is 28.8 Å². The quantitative estimate of drug-likeness (QED) is 0.498. The van der Waals surface area contributed by atoms with E-state index >= 15 is 0 Å². The Morgan fingerprint density at radius 1 is 1.33 bits per heavy atom. The highest BCUT2D eigenvalue weighted by Crippen LogP contribution is 2.32. The van der Waals surface area contributed by atoms with E-state index < -0.39 is 5.92 Å². The van der Waals surface area contributed by atoms with Gasteiger partial charge in [0.25, 0.3) is 0 Å². The van der Waals surface area contributed by atoms with Crippen molar-refractivity contribution in [1.29, 1.82) is 0 Å². The largest absolute Gasteiger partial charge is 0.461 e. The SMILES string of the molecule is C=CCOC(=O)[C@H]1C(=C)NC(=S)N[C@@H]1c1ccc(C(C)(C)C)cc1. The molecule has 1 aromatic carbocycles. The Bertz CT molecular complexity index is 659. The second-order valence-electron chi connectivity index (χ2n) is 6.87. The van der Waals surface area contributed by atoms with Gasteiger partial charge in [0.1, 0.15) is 12.5 Å². The first-order valence-corrected chi connectivity index (χ1v) is 8.29. The van der Waals surface area contributed by atoms with Crippen LogP contribution in [0.25, 0.3) is 0 Å². The molecule has 1 saturated heterocycles. The Labute approximate surface area is 149 Å². The van der Waals surface area contributed by atoms with Crippen LogP contribution in [0.5, 0.6) is 0 Å². The summed E-state index contributed by atoms with van der Waals surface area (Å²) in [6.07, 6.45) is 1.54. The van der Waals surface area contributed by atoms with E-state index in [4.69, 9.17) is 17.0 Å². The number of hydrogen-bond donors (Lipinski definition) is 2. The third kappa shape index (κ3) is 4.03. The number of esters is 1. The summed E-state index contributed by atoms with van der Waals surface area (Å²) >= 11 is 5.22. The second-order valence-corrected chi connectivity index (χ2v) is 7.28. The lowest BCUT2D eigenvalue weighted by atomic mass is 9.84. The molecule has 5 heteroatoms. The van der Waals surface area contributed by atoms with Crippen molar-refractivity contribution < 1.29 is 9.53 Å². The zero-order valence-electron chi connectivity index (χ0n) is 14.4. The first-order valence-electron chi connectivity index (χ1n) is 7.88. The van der Waals surface area contributed by atoms with Crippen LogP contribution >= 0.6 is 12.2 Å². The molecule has 1 aliphatic heterocycles. The fourth-order valence-corrected chi connectivity index (χ4v) is 2.92. The molecule has 24 heavy (non-hydrogen) atoms. The van der Waals surface area contributed by atoms with E-state index in [9.17, 15) is 4.79 Å². The van der Waals surface area contributed by atoms with Crippen LogP contribution in [0.3, 0.4) is 0 Å². The molecule has 1 heterocycles. The van der Waals surface area contributed by atoms with E-state index in [0.29, 0.717) is 10.8 Å². The van der Waals surface area contributed by atoms with Gasteiger partial charge >= 0.3 is 5.97 Å². The summed E-state index contributed by atoms with van der Waals surface area (Å²) in [6.45, 7) is 14.2. The summed E-state index contributed by atoms with van der Waals surface area (Å²) in [4.78, 5) is 12.4. The van der Waals surface area contributed by atoms with Gasteiger partial charge in [0.2, 0.25) is 0 Å². The van der Waals surface area contributed by atoms with Gasteiger partial charge in [-0.3, -0.25) is 4.79 Å². The fraction of sp³-hybridized carbons (Fsp3) is 0.368. The lowest BCUT2D eigenvalue weighted by Crippen LogP contribution is -2.51. The van der Waals surface area contributed by atoms with Crippen molar-refractivity contribution in [3.63, 3.8) is 0 Å². The normalized spacial score (nSPS) is 20.8. The molecule has 0 saturated carbocycles. The summed E-state index contributed by atoms with van der Waals surface area (Å²) < 4.78 is 5.22. The van der Waals surface area contributed by atoms with Crippen LogP contribution in [0, 0.1) is 5.92 Å². The number of rotatable bonds is 4. The van der Waals surface area contributed by atoms with E-state index in [1.54, 1.807) is 6.08 Å². The first kappa shape index (κ1) is 18.2. The summed E-state index contributed by atoms with van der Waals surface area (Å²) in [5.74, 6) is -0.913. The Morgan fingerprint density at radius 2 is 1.96 bits per heavy atom. The molecule has 4 nitrogen and oxygen atoms in total. The zero-order chi connectivity index (χ0) is 17.9. The zero-order valence-corrected chi connectivity index (χ0v) is 15.2. The van der Waals surface area contributed by atoms with Crippen molar-refractivity contribution in [1.82, 2.24) is 10.6 Å². The van der Waals surface area contributed by atoms with Crippen LogP contribution in [-0.2, 0) is 14.9 Å². The van der Waals surface area contributed by atoms with Crippen LogP contribution < -0.4 is 10.6 Å². The average molecular weight is 344 g/mol. The van der Waals surface area contributed by atoms with Crippen LogP contribution in [0.2, 0.25) is 0 Å². The second kappa shape index (κ2) is 7.18. The van der Waals surface area contributed by atoms with Crippen molar-refractivity contribution in [2.24, 2.45) is 5.92 Å². The maximum atomic E-state index is 12.4. The van der Waals surface area contributed by atoms with E-state index in [1.807, 2.05) is 12.1 Å². The smallest absolute Gasteiger partial charge is 0.317 e. The topological polar surface area (TPSA) is 50.4 Å². The Morgan fingerprint density at radius 3 is 2.50 bits per heavy atom. The van der Waals surface area contributed by atoms with E-state index in [0.717, 1.165) is 5.56 Å². The molecule has 0 aromatic heterocycles. The highest BCUT2D eigenvalue weighted by molar-refractivity contribution is 7.80. The predicted octanol–water partition coefficient (Wildman–Crippen LogP) is 3.36. The molecule has 128 valence electrons. The highest BCUT2D eigenvalue weighted by atomic mass is 32.1. The molecule has 1 aromatic rings. The summed E-state index contributed by atoms with van der Waals surface area (Å²) in [7, 11) is 0. The van der Waals surface area contributed by atoms with E-state index in [1.165, 1.54) is 5.56 Å². The minimum absolute atomic E-state index is 0.0707. The molecule has 0 amide bonds. The van der Waals surface area contributed by atoms with Crippen LogP contribution in [0.4, 0.5) is 0 Å². The van der Waals surface area contributed by atoms with Gasteiger partial charge in [0.15, 0.2) is 5.11 Å². The molecule has 2 atom stereocenters. The number of benzene rings is 1. The lowest BCUT2D eigenvalue weighted by Gasteiger charge is -2.35. The van der Waals surface area contributed by atoms with Crippen molar-refractivity contribution in [3.05, 3.63) is 60.3 Å². The lowest BCUT2D eigenvalue weighted by molar-refractivity contribution is -0.147. The first-order chi connectivity index (χ1) is 11.2. The number of carbonyl (C=O) groups excluding carboxylic acids is 1. The molecule has 1 aliphatic rings. The number of carbonyl (C=O) groups is 1. The molecule has 0 unspecified atom stereocenters. The maximum absolute atomic E-state index is 12.4. The van der Waals surface area contributed by atoms with E-state index in [2.05, 4.69) is 56.7 Å². The third-order valence-corrected chi connectivity index (χ3v) is 4.22. The molecule has 0 spiro atoms.